The van der Waals surface area contributed by atoms with Gasteiger partial charge in [0.2, 0.25) is 5.95 Å². The Bertz CT molecular complexity index is 397. The number of nitrogens with zero attached hydrogens (tertiary/aromatic N) is 3. The highest BCUT2D eigenvalue weighted by Crippen LogP contribution is 2.21. The lowest BCUT2D eigenvalue weighted by Crippen LogP contribution is -2.37. The number of aryl methyl sites for hydroxylation is 2. The summed E-state index contributed by atoms with van der Waals surface area (Å²) in [5.41, 5.74) is 8.27. The molecule has 2 N–H and O–H groups in total. The third-order valence-corrected chi connectivity index (χ3v) is 4.04. The first kappa shape index (κ1) is 14.3. The molecule has 0 spiro atoms. The minimum atomic E-state index is 0.682. The molecule has 0 amide bonds. The number of aromatic nitrogens is 2. The standard InChI is InChI=1S/C15H26N4/c1-3-5-14-13(4-2)11-17-15(18-14)19-8-6-12(10-16)7-9-19/h11-12H,3-10,16H2,1-2H3. The number of anilines is 1. The lowest BCUT2D eigenvalue weighted by Gasteiger charge is -2.31. The molecule has 1 aromatic heterocycles. The quantitative estimate of drug-likeness (QED) is 0.883. The van der Waals surface area contributed by atoms with E-state index in [1.54, 1.807) is 0 Å². The molecule has 4 nitrogen and oxygen atoms in total. The van der Waals surface area contributed by atoms with E-state index in [9.17, 15) is 0 Å². The van der Waals surface area contributed by atoms with Crippen molar-refractivity contribution in [3.8, 4) is 0 Å². The van der Waals surface area contributed by atoms with E-state index >= 15 is 0 Å². The molecule has 19 heavy (non-hydrogen) atoms. The molecule has 0 bridgehead atoms. The molecule has 1 aliphatic rings. The average Bonchev–Trinajstić information content (AvgIpc) is 2.47. The summed E-state index contributed by atoms with van der Waals surface area (Å²) in [4.78, 5) is 11.7. The molecule has 0 saturated carbocycles. The molecule has 1 saturated heterocycles. The van der Waals surface area contributed by atoms with Crippen LogP contribution in [-0.2, 0) is 12.8 Å². The van der Waals surface area contributed by atoms with Gasteiger partial charge in [0, 0.05) is 25.0 Å². The van der Waals surface area contributed by atoms with Crippen LogP contribution in [0.1, 0.15) is 44.4 Å². The highest BCUT2D eigenvalue weighted by molar-refractivity contribution is 5.34. The summed E-state index contributed by atoms with van der Waals surface area (Å²) in [5.74, 6) is 1.59. The topological polar surface area (TPSA) is 55.0 Å². The van der Waals surface area contributed by atoms with Gasteiger partial charge in [-0.2, -0.15) is 0 Å². The second kappa shape index (κ2) is 6.85. The van der Waals surface area contributed by atoms with Crippen LogP contribution in [0.5, 0.6) is 0 Å². The van der Waals surface area contributed by atoms with Crippen LogP contribution in [0.3, 0.4) is 0 Å². The zero-order chi connectivity index (χ0) is 13.7. The van der Waals surface area contributed by atoms with Gasteiger partial charge in [0.05, 0.1) is 0 Å². The summed E-state index contributed by atoms with van der Waals surface area (Å²) >= 11 is 0. The van der Waals surface area contributed by atoms with Gasteiger partial charge in [0.1, 0.15) is 0 Å². The SMILES string of the molecule is CCCc1nc(N2CCC(CN)CC2)ncc1CC. The van der Waals surface area contributed by atoms with Crippen molar-refractivity contribution in [1.82, 2.24) is 9.97 Å². The number of nitrogens with two attached hydrogens (primary N) is 1. The average molecular weight is 262 g/mol. The van der Waals surface area contributed by atoms with E-state index < -0.39 is 0 Å². The molecule has 0 atom stereocenters. The highest BCUT2D eigenvalue weighted by Gasteiger charge is 2.20. The number of piperidine rings is 1. The Balaban J connectivity index is 2.10. The van der Waals surface area contributed by atoms with Gasteiger partial charge in [0.15, 0.2) is 0 Å². The van der Waals surface area contributed by atoms with Gasteiger partial charge >= 0.3 is 0 Å². The zero-order valence-electron chi connectivity index (χ0n) is 12.2. The predicted molar refractivity (Wildman–Crippen MR) is 79.4 cm³/mol. The Morgan fingerprint density at radius 3 is 2.63 bits per heavy atom. The Labute approximate surface area is 116 Å². The third-order valence-electron chi connectivity index (χ3n) is 4.04. The molecule has 2 heterocycles. The van der Waals surface area contributed by atoms with Crippen molar-refractivity contribution in [2.75, 3.05) is 24.5 Å². The molecule has 0 unspecified atom stereocenters. The van der Waals surface area contributed by atoms with Crippen LogP contribution in [0.4, 0.5) is 5.95 Å². The summed E-state index contributed by atoms with van der Waals surface area (Å²) in [6.07, 6.45) is 7.56. The minimum absolute atomic E-state index is 0.682. The first-order valence-corrected chi connectivity index (χ1v) is 7.58. The van der Waals surface area contributed by atoms with Gasteiger partial charge in [-0.05, 0) is 43.7 Å². The van der Waals surface area contributed by atoms with Crippen molar-refractivity contribution >= 4 is 5.95 Å². The van der Waals surface area contributed by atoms with E-state index in [2.05, 4.69) is 23.7 Å². The molecule has 1 fully saturated rings. The van der Waals surface area contributed by atoms with E-state index in [-0.39, 0.29) is 0 Å². The van der Waals surface area contributed by atoms with Crippen molar-refractivity contribution in [2.24, 2.45) is 11.7 Å². The van der Waals surface area contributed by atoms with E-state index in [1.165, 1.54) is 24.1 Å². The van der Waals surface area contributed by atoms with Crippen LogP contribution in [0.25, 0.3) is 0 Å². The lowest BCUT2D eigenvalue weighted by atomic mass is 9.97. The van der Waals surface area contributed by atoms with Crippen molar-refractivity contribution in [3.05, 3.63) is 17.5 Å². The lowest BCUT2D eigenvalue weighted by molar-refractivity contribution is 0.411. The fraction of sp³-hybridized carbons (Fsp3) is 0.733. The number of hydrogen-bond donors (Lipinski definition) is 1. The largest absolute Gasteiger partial charge is 0.341 e. The molecular weight excluding hydrogens is 236 g/mol. The maximum Gasteiger partial charge on any atom is 0.225 e. The van der Waals surface area contributed by atoms with Crippen LogP contribution in [0, 0.1) is 5.92 Å². The zero-order valence-corrected chi connectivity index (χ0v) is 12.2. The van der Waals surface area contributed by atoms with Crippen LogP contribution in [0.2, 0.25) is 0 Å². The van der Waals surface area contributed by atoms with Crippen molar-refractivity contribution in [1.29, 1.82) is 0 Å². The molecule has 4 heteroatoms. The van der Waals surface area contributed by atoms with Gasteiger partial charge < -0.3 is 10.6 Å². The van der Waals surface area contributed by atoms with Crippen molar-refractivity contribution in [3.63, 3.8) is 0 Å². The Morgan fingerprint density at radius 1 is 1.32 bits per heavy atom. The fourth-order valence-corrected chi connectivity index (χ4v) is 2.70. The summed E-state index contributed by atoms with van der Waals surface area (Å²) in [6, 6.07) is 0. The highest BCUT2D eigenvalue weighted by atomic mass is 15.3. The third kappa shape index (κ3) is 3.44. The minimum Gasteiger partial charge on any atom is -0.341 e. The van der Waals surface area contributed by atoms with Gasteiger partial charge in [-0.3, -0.25) is 0 Å². The van der Waals surface area contributed by atoms with Crippen molar-refractivity contribution < 1.29 is 0 Å². The van der Waals surface area contributed by atoms with E-state index in [4.69, 9.17) is 10.7 Å². The van der Waals surface area contributed by atoms with Crippen LogP contribution >= 0.6 is 0 Å². The number of rotatable bonds is 5. The van der Waals surface area contributed by atoms with Crippen LogP contribution < -0.4 is 10.6 Å². The molecule has 1 aromatic rings. The predicted octanol–water partition coefficient (Wildman–Crippen LogP) is 2.17. The second-order valence-electron chi connectivity index (χ2n) is 5.41. The molecule has 1 aliphatic heterocycles. The van der Waals surface area contributed by atoms with Crippen LogP contribution in [0.15, 0.2) is 6.20 Å². The summed E-state index contributed by atoms with van der Waals surface area (Å²) in [7, 11) is 0. The molecular formula is C15H26N4. The van der Waals surface area contributed by atoms with Crippen LogP contribution in [-0.4, -0.2) is 29.6 Å². The molecule has 0 aromatic carbocycles. The molecule has 0 aliphatic carbocycles. The first-order chi connectivity index (χ1) is 9.28. The van der Waals surface area contributed by atoms with E-state index in [0.717, 1.165) is 44.8 Å². The monoisotopic (exact) mass is 262 g/mol. The molecule has 0 radical (unpaired) electrons. The maximum absolute atomic E-state index is 5.74. The summed E-state index contributed by atoms with van der Waals surface area (Å²) < 4.78 is 0. The summed E-state index contributed by atoms with van der Waals surface area (Å²) in [6.45, 7) is 7.26. The fourth-order valence-electron chi connectivity index (χ4n) is 2.70. The Morgan fingerprint density at radius 2 is 2.05 bits per heavy atom. The molecule has 106 valence electrons. The van der Waals surface area contributed by atoms with Gasteiger partial charge in [-0.25, -0.2) is 9.97 Å². The normalized spacial score (nSPS) is 16.9. The number of hydrogen-bond acceptors (Lipinski definition) is 4. The van der Waals surface area contributed by atoms with Gasteiger partial charge in [-0.15, -0.1) is 0 Å². The first-order valence-electron chi connectivity index (χ1n) is 7.58. The van der Waals surface area contributed by atoms with E-state index in [0.29, 0.717) is 5.92 Å². The Hall–Kier alpha value is -1.16. The molecule has 2 rings (SSSR count). The van der Waals surface area contributed by atoms with Crippen molar-refractivity contribution in [2.45, 2.75) is 46.0 Å². The summed E-state index contributed by atoms with van der Waals surface area (Å²) in [5, 5.41) is 0. The maximum atomic E-state index is 5.74. The smallest absolute Gasteiger partial charge is 0.225 e. The van der Waals surface area contributed by atoms with Gasteiger partial charge in [-0.1, -0.05) is 20.3 Å². The van der Waals surface area contributed by atoms with Gasteiger partial charge in [0.25, 0.3) is 0 Å². The van der Waals surface area contributed by atoms with E-state index in [1.807, 2.05) is 6.20 Å². The Kier molecular flexibility index (Phi) is 5.14. The second-order valence-corrected chi connectivity index (χ2v) is 5.41.